The van der Waals surface area contributed by atoms with Crippen molar-refractivity contribution in [1.82, 2.24) is 5.32 Å². The summed E-state index contributed by atoms with van der Waals surface area (Å²) >= 11 is 0. The lowest BCUT2D eigenvalue weighted by molar-refractivity contribution is -0.146. The van der Waals surface area contributed by atoms with Crippen molar-refractivity contribution in [2.75, 3.05) is 26.9 Å². The van der Waals surface area contributed by atoms with Gasteiger partial charge in [-0.25, -0.2) is 4.79 Å². The van der Waals surface area contributed by atoms with Crippen LogP contribution in [0, 0.1) is 5.92 Å². The maximum absolute atomic E-state index is 12.6. The van der Waals surface area contributed by atoms with Gasteiger partial charge in [0.25, 0.3) is 5.91 Å². The van der Waals surface area contributed by atoms with Crippen LogP contribution in [0.5, 0.6) is 0 Å². The van der Waals surface area contributed by atoms with E-state index in [-0.39, 0.29) is 30.2 Å². The van der Waals surface area contributed by atoms with E-state index in [9.17, 15) is 9.59 Å². The minimum absolute atomic E-state index is 0.0695. The Balaban J connectivity index is 1.70. The summed E-state index contributed by atoms with van der Waals surface area (Å²) in [4.78, 5) is 24.2. The first-order chi connectivity index (χ1) is 14.1. The number of allylic oxidation sites excluding steroid dienone is 1. The van der Waals surface area contributed by atoms with Gasteiger partial charge < -0.3 is 24.6 Å². The van der Waals surface area contributed by atoms with Crippen LogP contribution in [0.3, 0.4) is 0 Å². The molecular weight excluding hydrogens is 374 g/mol. The zero-order valence-electron chi connectivity index (χ0n) is 16.8. The molecular formula is C22H29NO6. The predicted molar refractivity (Wildman–Crippen MR) is 106 cm³/mol. The maximum Gasteiger partial charge on any atom is 0.337 e. The fraction of sp³-hybridized carbons (Fsp3) is 0.545. The van der Waals surface area contributed by atoms with E-state index in [2.05, 4.69) is 5.32 Å². The van der Waals surface area contributed by atoms with E-state index in [4.69, 9.17) is 19.3 Å². The molecule has 2 atom stereocenters. The molecule has 2 aliphatic rings. The number of methoxy groups -OCH3 is 1. The number of hydrogen-bond acceptors (Lipinski definition) is 6. The highest BCUT2D eigenvalue weighted by molar-refractivity contribution is 5.92. The molecule has 1 saturated carbocycles. The number of carbonyl (C=O) groups is 2. The average molecular weight is 403 g/mol. The lowest BCUT2D eigenvalue weighted by Crippen LogP contribution is -2.34. The molecule has 1 aromatic carbocycles. The number of aliphatic hydroxyl groups excluding tert-OH is 1. The lowest BCUT2D eigenvalue weighted by Gasteiger charge is -2.29. The quantitative estimate of drug-likeness (QED) is 0.461. The largest absolute Gasteiger partial charge is 0.465 e. The van der Waals surface area contributed by atoms with E-state index in [1.807, 2.05) is 18.2 Å². The van der Waals surface area contributed by atoms with Crippen LogP contribution in [0.4, 0.5) is 0 Å². The van der Waals surface area contributed by atoms with Gasteiger partial charge in [0.1, 0.15) is 0 Å². The summed E-state index contributed by atoms with van der Waals surface area (Å²) in [6.45, 7) is 1.25. The number of aliphatic hydroxyl groups is 1. The molecule has 1 aliphatic carbocycles. The first-order valence-electron chi connectivity index (χ1n) is 10.2. The van der Waals surface area contributed by atoms with Crippen LogP contribution in [0.2, 0.25) is 0 Å². The van der Waals surface area contributed by atoms with E-state index in [1.54, 1.807) is 12.1 Å². The van der Waals surface area contributed by atoms with E-state index in [1.165, 1.54) is 7.11 Å². The summed E-state index contributed by atoms with van der Waals surface area (Å²) in [5, 5.41) is 11.8. The highest BCUT2D eigenvalue weighted by Gasteiger charge is 2.30. The number of unbranched alkanes of at least 4 members (excludes halogenated alkanes) is 1. The van der Waals surface area contributed by atoms with Crippen LogP contribution in [0.15, 0.2) is 36.1 Å². The topological polar surface area (TPSA) is 94.1 Å². The van der Waals surface area contributed by atoms with Gasteiger partial charge in [-0.05, 0) is 55.4 Å². The lowest BCUT2D eigenvalue weighted by atomic mass is 9.92. The minimum atomic E-state index is -0.536. The van der Waals surface area contributed by atoms with Gasteiger partial charge in [-0.15, -0.1) is 0 Å². The highest BCUT2D eigenvalue weighted by Crippen LogP contribution is 2.32. The monoisotopic (exact) mass is 403 g/mol. The number of amides is 1. The molecule has 0 unspecified atom stereocenters. The van der Waals surface area contributed by atoms with Crippen LogP contribution in [-0.4, -0.2) is 50.1 Å². The van der Waals surface area contributed by atoms with Gasteiger partial charge in [0.05, 0.1) is 19.3 Å². The number of rotatable bonds is 10. The normalized spacial score (nSPS) is 21.1. The summed E-state index contributed by atoms with van der Waals surface area (Å²) in [5.41, 5.74) is 1.45. The van der Waals surface area contributed by atoms with E-state index < -0.39 is 6.29 Å². The van der Waals surface area contributed by atoms with Gasteiger partial charge in [-0.2, -0.15) is 0 Å². The Kier molecular flexibility index (Phi) is 7.66. The summed E-state index contributed by atoms with van der Waals surface area (Å²) in [6, 6.07) is 7.16. The van der Waals surface area contributed by atoms with Gasteiger partial charge in [-0.1, -0.05) is 12.1 Å². The Hall–Kier alpha value is -2.38. The number of esters is 1. The first kappa shape index (κ1) is 21.3. The van der Waals surface area contributed by atoms with Crippen molar-refractivity contribution in [3.63, 3.8) is 0 Å². The zero-order chi connectivity index (χ0) is 20.6. The number of carbonyl (C=O) groups excluding carboxylic acids is 2. The Morgan fingerprint density at radius 2 is 1.97 bits per heavy atom. The van der Waals surface area contributed by atoms with Gasteiger partial charge >= 0.3 is 5.97 Å². The highest BCUT2D eigenvalue weighted by atomic mass is 16.7. The molecule has 2 N–H and O–H groups in total. The molecule has 7 nitrogen and oxygen atoms in total. The molecule has 1 amide bonds. The molecule has 1 fully saturated rings. The van der Waals surface area contributed by atoms with Gasteiger partial charge in [0, 0.05) is 25.5 Å². The summed E-state index contributed by atoms with van der Waals surface area (Å²) < 4.78 is 16.3. The molecule has 0 aromatic heterocycles. The third kappa shape index (κ3) is 6.30. The molecule has 29 heavy (non-hydrogen) atoms. The molecule has 158 valence electrons. The first-order valence-corrected chi connectivity index (χ1v) is 10.2. The summed E-state index contributed by atoms with van der Waals surface area (Å²) in [6.07, 6.45) is 5.56. The van der Waals surface area contributed by atoms with Crippen molar-refractivity contribution >= 4 is 11.9 Å². The van der Waals surface area contributed by atoms with E-state index in [0.717, 1.165) is 24.8 Å². The van der Waals surface area contributed by atoms with Gasteiger partial charge in [0.15, 0.2) is 5.76 Å². The molecule has 0 spiro atoms. The van der Waals surface area contributed by atoms with Gasteiger partial charge in [0.2, 0.25) is 6.29 Å². The second kappa shape index (κ2) is 10.4. The molecule has 0 radical (unpaired) electrons. The van der Waals surface area contributed by atoms with E-state index in [0.29, 0.717) is 37.5 Å². The second-order valence-electron chi connectivity index (χ2n) is 7.49. The molecule has 7 heteroatoms. The number of benzene rings is 1. The number of ether oxygens (including phenoxy) is 3. The van der Waals surface area contributed by atoms with Crippen LogP contribution < -0.4 is 5.32 Å². The summed E-state index contributed by atoms with van der Waals surface area (Å²) in [5.74, 6) is 0.169. The van der Waals surface area contributed by atoms with Crippen LogP contribution in [0.1, 0.15) is 53.9 Å². The van der Waals surface area contributed by atoms with Crippen LogP contribution >= 0.6 is 0 Å². The Labute approximate surface area is 171 Å². The Bertz CT molecular complexity index is 725. The Morgan fingerprint density at radius 3 is 2.62 bits per heavy atom. The summed E-state index contributed by atoms with van der Waals surface area (Å²) in [7, 11) is 1.35. The minimum Gasteiger partial charge on any atom is -0.465 e. The number of hydrogen-bond donors (Lipinski definition) is 2. The van der Waals surface area contributed by atoms with Crippen molar-refractivity contribution in [2.45, 2.75) is 44.3 Å². The fourth-order valence-electron chi connectivity index (χ4n) is 3.21. The van der Waals surface area contributed by atoms with Crippen molar-refractivity contribution in [3.05, 3.63) is 47.2 Å². The smallest absolute Gasteiger partial charge is 0.337 e. The number of nitrogens with one attached hydrogen (secondary N) is 1. The fourth-order valence-corrected chi connectivity index (χ4v) is 3.21. The third-order valence-corrected chi connectivity index (χ3v) is 5.15. The molecule has 0 bridgehead atoms. The second-order valence-corrected chi connectivity index (χ2v) is 7.49. The van der Waals surface area contributed by atoms with Crippen LogP contribution in [0.25, 0.3) is 0 Å². The average Bonchev–Trinajstić information content (AvgIpc) is 3.59. The van der Waals surface area contributed by atoms with Gasteiger partial charge in [-0.3, -0.25) is 4.79 Å². The maximum atomic E-state index is 12.6. The predicted octanol–water partition coefficient (Wildman–Crippen LogP) is 2.50. The third-order valence-electron chi connectivity index (χ3n) is 5.15. The SMILES string of the molecule is COC(=O)c1ccc([C@@H]2C=C(C(=O)NCC3CC3)O[C@H](OCCCCO)C2)cc1. The Morgan fingerprint density at radius 1 is 1.21 bits per heavy atom. The molecule has 1 heterocycles. The van der Waals surface area contributed by atoms with E-state index >= 15 is 0 Å². The standard InChI is InChI=1S/C22H29NO6/c1-27-22(26)17-8-6-16(7-9-17)18-12-19(21(25)23-14-15-4-5-15)29-20(13-18)28-11-3-2-10-24/h6-9,12,15,18,20,24H,2-5,10-11,13-14H2,1H3,(H,23,25)/t18-,20+/m1/s1. The van der Waals surface area contributed by atoms with Crippen LogP contribution in [-0.2, 0) is 19.0 Å². The van der Waals surface area contributed by atoms with Crippen molar-refractivity contribution in [2.24, 2.45) is 5.92 Å². The molecule has 1 aliphatic heterocycles. The molecule has 0 saturated heterocycles. The van der Waals surface area contributed by atoms with Crippen molar-refractivity contribution in [1.29, 1.82) is 0 Å². The molecule has 3 rings (SSSR count). The van der Waals surface area contributed by atoms with Crippen molar-refractivity contribution < 1.29 is 28.9 Å². The molecule has 1 aromatic rings. The zero-order valence-corrected chi connectivity index (χ0v) is 16.8. The van der Waals surface area contributed by atoms with Crippen molar-refractivity contribution in [3.8, 4) is 0 Å².